The van der Waals surface area contributed by atoms with Gasteiger partial charge in [0.2, 0.25) is 15.9 Å². The van der Waals surface area contributed by atoms with E-state index in [4.69, 9.17) is 0 Å². The van der Waals surface area contributed by atoms with E-state index >= 15 is 0 Å². The zero-order valence-electron chi connectivity index (χ0n) is 12.8. The molecule has 6 nitrogen and oxygen atoms in total. The molecule has 0 bridgehead atoms. The number of carbonyl (C=O) groups is 1. The van der Waals surface area contributed by atoms with Crippen molar-refractivity contribution in [1.29, 1.82) is 0 Å². The summed E-state index contributed by atoms with van der Waals surface area (Å²) < 4.78 is 28.0. The lowest BCUT2D eigenvalue weighted by Gasteiger charge is -2.20. The molecule has 3 rings (SSSR count). The molecule has 2 atom stereocenters. The summed E-state index contributed by atoms with van der Waals surface area (Å²) in [7, 11) is -1.54. The fourth-order valence-electron chi connectivity index (χ4n) is 3.16. The molecule has 0 aromatic heterocycles. The van der Waals surface area contributed by atoms with Crippen molar-refractivity contribution >= 4 is 21.6 Å². The second-order valence-corrected chi connectivity index (χ2v) is 8.01. The maximum atomic E-state index is 12.6. The molecular weight excluding hydrogens is 302 g/mol. The molecule has 1 fully saturated rings. The summed E-state index contributed by atoms with van der Waals surface area (Å²) in [5.41, 5.74) is 1.59. The lowest BCUT2D eigenvalue weighted by atomic mass is 10.0. The molecule has 2 aliphatic rings. The number of rotatable bonds is 3. The van der Waals surface area contributed by atoms with Crippen LogP contribution in [0.5, 0.6) is 0 Å². The quantitative estimate of drug-likeness (QED) is 0.862. The van der Waals surface area contributed by atoms with Crippen molar-refractivity contribution < 1.29 is 13.2 Å². The van der Waals surface area contributed by atoms with Gasteiger partial charge in [0, 0.05) is 31.2 Å². The van der Waals surface area contributed by atoms with E-state index in [1.54, 1.807) is 18.2 Å². The number of amides is 1. The standard InChI is InChI=1S/C15H21N3O3S/c1-10-8-18(2)9-14(10)17-22(20,21)12-4-5-13-11(7-12)3-6-15(19)16-13/h4-5,7,10,14,17H,3,6,8-9H2,1-2H3,(H,16,19)/t10-,14-/m0/s1. The first-order chi connectivity index (χ1) is 10.3. The summed E-state index contributed by atoms with van der Waals surface area (Å²) in [6, 6.07) is 4.83. The Balaban J connectivity index is 1.82. The Hall–Kier alpha value is -1.44. The molecule has 0 unspecified atom stereocenters. The molecule has 120 valence electrons. The van der Waals surface area contributed by atoms with Crippen LogP contribution in [0.3, 0.4) is 0 Å². The largest absolute Gasteiger partial charge is 0.326 e. The van der Waals surface area contributed by atoms with Crippen LogP contribution < -0.4 is 10.0 Å². The first-order valence-corrected chi connectivity index (χ1v) is 8.97. The molecule has 2 aliphatic heterocycles. The zero-order valence-corrected chi connectivity index (χ0v) is 13.6. The number of nitrogens with zero attached hydrogens (tertiary/aromatic N) is 1. The predicted octanol–water partition coefficient (Wildman–Crippen LogP) is 0.800. The molecule has 2 heterocycles. The van der Waals surface area contributed by atoms with Crippen molar-refractivity contribution in [2.75, 3.05) is 25.5 Å². The molecule has 1 saturated heterocycles. The van der Waals surface area contributed by atoms with Gasteiger partial charge >= 0.3 is 0 Å². The summed E-state index contributed by atoms with van der Waals surface area (Å²) in [6.07, 6.45) is 0.974. The zero-order chi connectivity index (χ0) is 15.9. The first-order valence-electron chi connectivity index (χ1n) is 7.49. The normalized spacial score (nSPS) is 25.8. The highest BCUT2D eigenvalue weighted by atomic mass is 32.2. The molecule has 1 aromatic carbocycles. The van der Waals surface area contributed by atoms with Gasteiger partial charge in [-0.15, -0.1) is 0 Å². The number of anilines is 1. The maximum Gasteiger partial charge on any atom is 0.240 e. The summed E-state index contributed by atoms with van der Waals surface area (Å²) in [6.45, 7) is 3.67. The van der Waals surface area contributed by atoms with E-state index in [9.17, 15) is 13.2 Å². The summed E-state index contributed by atoms with van der Waals surface area (Å²) in [4.78, 5) is 13.8. The number of hydrogen-bond acceptors (Lipinski definition) is 4. The van der Waals surface area contributed by atoms with E-state index in [2.05, 4.69) is 21.9 Å². The van der Waals surface area contributed by atoms with Crippen LogP contribution in [0.4, 0.5) is 5.69 Å². The number of nitrogens with one attached hydrogen (secondary N) is 2. The molecular formula is C15H21N3O3S. The van der Waals surface area contributed by atoms with Crippen LogP contribution in [-0.2, 0) is 21.2 Å². The summed E-state index contributed by atoms with van der Waals surface area (Å²) in [5.74, 6) is 0.265. The molecule has 0 spiro atoms. The van der Waals surface area contributed by atoms with Gasteiger partial charge in [-0.25, -0.2) is 13.1 Å². The molecule has 2 N–H and O–H groups in total. The number of benzene rings is 1. The maximum absolute atomic E-state index is 12.6. The predicted molar refractivity (Wildman–Crippen MR) is 84.2 cm³/mol. The summed E-state index contributed by atoms with van der Waals surface area (Å²) >= 11 is 0. The molecule has 22 heavy (non-hydrogen) atoms. The number of likely N-dealkylation sites (tertiary alicyclic amines) is 1. The van der Waals surface area contributed by atoms with E-state index in [0.717, 1.165) is 18.7 Å². The Labute approximate surface area is 130 Å². The van der Waals surface area contributed by atoms with Crippen LogP contribution in [0.15, 0.2) is 23.1 Å². The lowest BCUT2D eigenvalue weighted by Crippen LogP contribution is -2.39. The van der Waals surface area contributed by atoms with Crippen LogP contribution in [0.25, 0.3) is 0 Å². The van der Waals surface area contributed by atoms with Gasteiger partial charge in [0.15, 0.2) is 0 Å². The van der Waals surface area contributed by atoms with Crippen LogP contribution in [0.2, 0.25) is 0 Å². The SMILES string of the molecule is C[C@H]1CN(C)C[C@@H]1NS(=O)(=O)c1ccc2c(c1)CCC(=O)N2. The molecule has 0 aliphatic carbocycles. The van der Waals surface area contributed by atoms with Crippen molar-refractivity contribution in [1.82, 2.24) is 9.62 Å². The third-order valence-electron chi connectivity index (χ3n) is 4.38. The third-order valence-corrected chi connectivity index (χ3v) is 5.87. The van der Waals surface area contributed by atoms with Crippen LogP contribution in [0, 0.1) is 5.92 Å². The Morgan fingerprint density at radius 1 is 1.27 bits per heavy atom. The van der Waals surface area contributed by atoms with Crippen molar-refractivity contribution in [3.63, 3.8) is 0 Å². The fourth-order valence-corrected chi connectivity index (χ4v) is 4.54. The highest BCUT2D eigenvalue weighted by molar-refractivity contribution is 7.89. The number of aryl methyl sites for hydroxylation is 1. The van der Waals surface area contributed by atoms with Crippen LogP contribution >= 0.6 is 0 Å². The van der Waals surface area contributed by atoms with Gasteiger partial charge in [-0.1, -0.05) is 6.92 Å². The number of carbonyl (C=O) groups excluding carboxylic acids is 1. The highest BCUT2D eigenvalue weighted by Gasteiger charge is 2.31. The Morgan fingerprint density at radius 3 is 2.73 bits per heavy atom. The van der Waals surface area contributed by atoms with E-state index in [0.29, 0.717) is 18.5 Å². The van der Waals surface area contributed by atoms with E-state index in [1.807, 2.05) is 7.05 Å². The lowest BCUT2D eigenvalue weighted by molar-refractivity contribution is -0.116. The molecule has 7 heteroatoms. The molecule has 0 saturated carbocycles. The van der Waals surface area contributed by atoms with Gasteiger partial charge in [-0.2, -0.15) is 0 Å². The van der Waals surface area contributed by atoms with Crippen molar-refractivity contribution in [2.24, 2.45) is 5.92 Å². The smallest absolute Gasteiger partial charge is 0.240 e. The van der Waals surface area contributed by atoms with Crippen LogP contribution in [0.1, 0.15) is 18.9 Å². The average Bonchev–Trinajstić information content (AvgIpc) is 2.75. The second-order valence-electron chi connectivity index (χ2n) is 6.29. The minimum Gasteiger partial charge on any atom is -0.326 e. The van der Waals surface area contributed by atoms with Crippen molar-refractivity contribution in [2.45, 2.75) is 30.7 Å². The number of likely N-dealkylation sites (N-methyl/N-ethyl adjacent to an activating group) is 1. The van der Waals surface area contributed by atoms with Gasteiger partial charge in [0.25, 0.3) is 0 Å². The Bertz CT molecular complexity index is 702. The topological polar surface area (TPSA) is 78.5 Å². The van der Waals surface area contributed by atoms with E-state index < -0.39 is 10.0 Å². The Morgan fingerprint density at radius 2 is 2.05 bits per heavy atom. The van der Waals surface area contributed by atoms with Gasteiger partial charge in [-0.3, -0.25) is 4.79 Å². The molecule has 0 radical (unpaired) electrons. The van der Waals surface area contributed by atoms with Gasteiger partial charge in [0.1, 0.15) is 0 Å². The second kappa shape index (κ2) is 5.64. The first kappa shape index (κ1) is 15.5. The monoisotopic (exact) mass is 323 g/mol. The minimum atomic E-state index is -3.54. The van der Waals surface area contributed by atoms with Gasteiger partial charge < -0.3 is 10.2 Å². The average molecular weight is 323 g/mol. The third kappa shape index (κ3) is 3.02. The minimum absolute atomic E-state index is 0.0240. The van der Waals surface area contributed by atoms with E-state index in [1.165, 1.54) is 0 Å². The number of sulfonamides is 1. The van der Waals surface area contributed by atoms with Crippen molar-refractivity contribution in [3.8, 4) is 0 Å². The summed E-state index contributed by atoms with van der Waals surface area (Å²) in [5, 5.41) is 2.76. The van der Waals surface area contributed by atoms with Gasteiger partial charge in [-0.05, 0) is 43.1 Å². The fraction of sp³-hybridized carbons (Fsp3) is 0.533. The van der Waals surface area contributed by atoms with Gasteiger partial charge in [0.05, 0.1) is 4.90 Å². The van der Waals surface area contributed by atoms with Crippen LogP contribution in [-0.4, -0.2) is 45.4 Å². The molecule has 1 aromatic rings. The molecule has 1 amide bonds. The van der Waals surface area contributed by atoms with E-state index in [-0.39, 0.29) is 22.8 Å². The Kier molecular flexibility index (Phi) is 3.96. The number of hydrogen-bond donors (Lipinski definition) is 2. The van der Waals surface area contributed by atoms with Crippen molar-refractivity contribution in [3.05, 3.63) is 23.8 Å². The number of fused-ring (bicyclic) bond motifs is 1. The highest BCUT2D eigenvalue weighted by Crippen LogP contribution is 2.26.